The number of carbonyl (C=O) groups is 1. The van der Waals surface area contributed by atoms with E-state index in [4.69, 9.17) is 21.1 Å². The van der Waals surface area contributed by atoms with E-state index in [2.05, 4.69) is 10.3 Å². The second kappa shape index (κ2) is 6.29. The smallest absolute Gasteiger partial charge is 0.272 e. The van der Waals surface area contributed by atoms with E-state index in [0.717, 1.165) is 6.42 Å². The molecule has 1 aromatic heterocycles. The molecule has 0 bridgehead atoms. The Kier molecular flexibility index (Phi) is 3.97. The highest BCUT2D eigenvalue weighted by molar-refractivity contribution is 6.34. The van der Waals surface area contributed by atoms with Crippen LogP contribution in [0.25, 0.3) is 10.9 Å². The number of anilines is 1. The van der Waals surface area contributed by atoms with Gasteiger partial charge in [0.05, 0.1) is 23.9 Å². The van der Waals surface area contributed by atoms with Crippen LogP contribution in [0.1, 0.15) is 16.9 Å². The van der Waals surface area contributed by atoms with Gasteiger partial charge >= 0.3 is 0 Å². The first-order valence-electron chi connectivity index (χ1n) is 7.79. The third-order valence-electron chi connectivity index (χ3n) is 3.91. The number of rotatable bonds is 2. The van der Waals surface area contributed by atoms with Crippen LogP contribution in [0.4, 0.5) is 10.1 Å². The van der Waals surface area contributed by atoms with Gasteiger partial charge in [0.25, 0.3) is 5.91 Å². The fourth-order valence-electron chi connectivity index (χ4n) is 2.70. The van der Waals surface area contributed by atoms with Crippen molar-refractivity contribution in [1.29, 1.82) is 0 Å². The van der Waals surface area contributed by atoms with Gasteiger partial charge in [-0.15, -0.1) is 0 Å². The molecule has 3 aromatic rings. The number of amides is 1. The summed E-state index contributed by atoms with van der Waals surface area (Å²) in [7, 11) is 0. The van der Waals surface area contributed by atoms with Crippen LogP contribution in [-0.2, 0) is 0 Å². The lowest BCUT2D eigenvalue weighted by Crippen LogP contribution is -2.12. The molecule has 0 saturated heterocycles. The number of fused-ring (bicyclic) bond motifs is 2. The largest absolute Gasteiger partial charge is 0.490 e. The Labute approximate surface area is 147 Å². The number of nitrogens with one attached hydrogen (secondary N) is 2. The summed E-state index contributed by atoms with van der Waals surface area (Å²) in [4.78, 5) is 15.4. The molecule has 1 amide bonds. The lowest BCUT2D eigenvalue weighted by Gasteiger charge is -2.12. The Morgan fingerprint density at radius 3 is 2.68 bits per heavy atom. The second-order valence-electron chi connectivity index (χ2n) is 5.70. The quantitative estimate of drug-likeness (QED) is 0.713. The van der Waals surface area contributed by atoms with Gasteiger partial charge in [-0.1, -0.05) is 11.6 Å². The third-order valence-corrected chi connectivity index (χ3v) is 4.23. The van der Waals surface area contributed by atoms with E-state index >= 15 is 0 Å². The maximum atomic E-state index is 13.3. The van der Waals surface area contributed by atoms with Crippen LogP contribution in [0.15, 0.2) is 36.4 Å². The number of aromatic nitrogens is 1. The number of halogens is 2. The van der Waals surface area contributed by atoms with E-state index in [1.54, 1.807) is 24.3 Å². The van der Waals surface area contributed by atoms with Crippen LogP contribution in [0.3, 0.4) is 0 Å². The third kappa shape index (κ3) is 3.13. The van der Waals surface area contributed by atoms with Gasteiger partial charge in [-0.25, -0.2) is 4.39 Å². The van der Waals surface area contributed by atoms with Gasteiger partial charge in [0.2, 0.25) is 0 Å². The molecular weight excluding hydrogens is 347 g/mol. The summed E-state index contributed by atoms with van der Waals surface area (Å²) in [6.45, 7) is 1.09. The van der Waals surface area contributed by atoms with Crippen LogP contribution in [0.5, 0.6) is 11.5 Å². The van der Waals surface area contributed by atoms with Crippen molar-refractivity contribution in [3.63, 3.8) is 0 Å². The summed E-state index contributed by atoms with van der Waals surface area (Å²) in [5.41, 5.74) is 1.40. The molecule has 1 aliphatic rings. The summed E-state index contributed by atoms with van der Waals surface area (Å²) in [6.07, 6.45) is 0.777. The SMILES string of the molecule is O=C(Nc1cc2c(cc1Cl)OCCCO2)c1cc2cc(F)ccc2[nH]1. The fourth-order valence-corrected chi connectivity index (χ4v) is 2.90. The van der Waals surface area contributed by atoms with Crippen molar-refractivity contribution in [2.75, 3.05) is 18.5 Å². The number of carbonyl (C=O) groups excluding carboxylic acids is 1. The molecule has 5 nitrogen and oxygen atoms in total. The summed E-state index contributed by atoms with van der Waals surface area (Å²) in [5.74, 6) is 0.356. The first-order valence-corrected chi connectivity index (χ1v) is 8.17. The number of hydrogen-bond acceptors (Lipinski definition) is 3. The van der Waals surface area contributed by atoms with E-state index in [9.17, 15) is 9.18 Å². The Morgan fingerprint density at radius 2 is 1.88 bits per heavy atom. The van der Waals surface area contributed by atoms with Gasteiger partial charge in [0, 0.05) is 29.5 Å². The number of hydrogen-bond donors (Lipinski definition) is 2. The molecule has 0 fully saturated rings. The van der Waals surface area contributed by atoms with Crippen molar-refractivity contribution in [3.8, 4) is 11.5 Å². The lowest BCUT2D eigenvalue weighted by atomic mass is 10.2. The minimum absolute atomic E-state index is 0.309. The van der Waals surface area contributed by atoms with Gasteiger partial charge in [-0.2, -0.15) is 0 Å². The Balaban J connectivity index is 1.62. The molecule has 7 heteroatoms. The van der Waals surface area contributed by atoms with E-state index in [1.807, 2.05) is 0 Å². The maximum absolute atomic E-state index is 13.3. The minimum Gasteiger partial charge on any atom is -0.490 e. The molecule has 0 saturated carbocycles. The highest BCUT2D eigenvalue weighted by Crippen LogP contribution is 2.37. The van der Waals surface area contributed by atoms with Crippen molar-refractivity contribution >= 4 is 34.1 Å². The van der Waals surface area contributed by atoms with E-state index in [0.29, 0.717) is 52.0 Å². The zero-order valence-electron chi connectivity index (χ0n) is 13.1. The number of benzene rings is 2. The highest BCUT2D eigenvalue weighted by atomic mass is 35.5. The van der Waals surface area contributed by atoms with Crippen molar-refractivity contribution in [2.45, 2.75) is 6.42 Å². The van der Waals surface area contributed by atoms with Crippen molar-refractivity contribution in [2.24, 2.45) is 0 Å². The molecule has 0 radical (unpaired) electrons. The first-order chi connectivity index (χ1) is 12.1. The molecule has 2 N–H and O–H groups in total. The predicted molar refractivity (Wildman–Crippen MR) is 93.3 cm³/mol. The molecule has 2 aromatic carbocycles. The first kappa shape index (κ1) is 15.8. The van der Waals surface area contributed by atoms with E-state index in [1.165, 1.54) is 12.1 Å². The molecular formula is C18H14ClFN2O3. The molecule has 1 aliphatic heterocycles. The average Bonchev–Trinajstić information content (AvgIpc) is 2.88. The summed E-state index contributed by atoms with van der Waals surface area (Å²) in [5, 5.41) is 3.71. The van der Waals surface area contributed by atoms with Crippen molar-refractivity contribution < 1.29 is 18.7 Å². The monoisotopic (exact) mass is 360 g/mol. The highest BCUT2D eigenvalue weighted by Gasteiger charge is 2.17. The van der Waals surface area contributed by atoms with Crippen LogP contribution in [-0.4, -0.2) is 24.1 Å². The van der Waals surface area contributed by atoms with Crippen LogP contribution >= 0.6 is 11.6 Å². The molecule has 4 rings (SSSR count). The summed E-state index contributed by atoms with van der Waals surface area (Å²) in [6, 6.07) is 9.14. The molecule has 25 heavy (non-hydrogen) atoms. The van der Waals surface area contributed by atoms with Crippen molar-refractivity contribution in [3.05, 3.63) is 52.9 Å². The van der Waals surface area contributed by atoms with Gasteiger partial charge in [0.1, 0.15) is 11.5 Å². The predicted octanol–water partition coefficient (Wildman–Crippen LogP) is 4.37. The molecule has 0 unspecified atom stereocenters. The molecule has 2 heterocycles. The summed E-state index contributed by atoms with van der Waals surface area (Å²) >= 11 is 6.24. The number of ether oxygens (including phenoxy) is 2. The van der Waals surface area contributed by atoms with Crippen LogP contribution in [0, 0.1) is 5.82 Å². The fraction of sp³-hybridized carbons (Fsp3) is 0.167. The maximum Gasteiger partial charge on any atom is 0.272 e. The standard InChI is InChI=1S/C18H14ClFN2O3/c19-12-8-16-17(25-5-1-4-24-16)9-14(12)22-18(23)15-7-10-6-11(20)2-3-13(10)21-15/h2-3,6-9,21H,1,4-5H2,(H,22,23). The number of H-pyrrole nitrogens is 1. The van der Waals surface area contributed by atoms with Gasteiger partial charge < -0.3 is 19.8 Å². The molecule has 0 spiro atoms. The topological polar surface area (TPSA) is 63.4 Å². The lowest BCUT2D eigenvalue weighted by molar-refractivity contribution is 0.102. The second-order valence-corrected chi connectivity index (χ2v) is 6.11. The zero-order valence-corrected chi connectivity index (χ0v) is 13.8. The van der Waals surface area contributed by atoms with E-state index in [-0.39, 0.29) is 11.7 Å². The molecule has 0 atom stereocenters. The number of aromatic amines is 1. The molecule has 0 aliphatic carbocycles. The van der Waals surface area contributed by atoms with E-state index < -0.39 is 0 Å². The van der Waals surface area contributed by atoms with Crippen LogP contribution < -0.4 is 14.8 Å². The van der Waals surface area contributed by atoms with Crippen molar-refractivity contribution in [1.82, 2.24) is 4.98 Å². The zero-order chi connectivity index (χ0) is 17.4. The Hall–Kier alpha value is -2.73. The van der Waals surface area contributed by atoms with Gasteiger partial charge in [-0.05, 0) is 24.3 Å². The molecule has 128 valence electrons. The minimum atomic E-state index is -0.381. The Morgan fingerprint density at radius 1 is 1.12 bits per heavy atom. The summed E-state index contributed by atoms with van der Waals surface area (Å²) < 4.78 is 24.5. The van der Waals surface area contributed by atoms with Gasteiger partial charge in [-0.3, -0.25) is 4.79 Å². The van der Waals surface area contributed by atoms with Crippen LogP contribution in [0.2, 0.25) is 5.02 Å². The Bertz CT molecular complexity index is 970. The average molecular weight is 361 g/mol. The normalized spacial score (nSPS) is 13.5. The van der Waals surface area contributed by atoms with Gasteiger partial charge in [0.15, 0.2) is 11.5 Å².